The Bertz CT molecular complexity index is 462. The molecule has 102 valence electrons. The summed E-state index contributed by atoms with van der Waals surface area (Å²) in [4.78, 5) is 0. The Morgan fingerprint density at radius 1 is 1.42 bits per heavy atom. The second-order valence-electron chi connectivity index (χ2n) is 5.77. The molecule has 3 nitrogen and oxygen atoms in total. The van der Waals surface area contributed by atoms with Gasteiger partial charge in [0, 0.05) is 12.2 Å². The summed E-state index contributed by atoms with van der Waals surface area (Å²) in [5.41, 5.74) is 7.92. The summed E-state index contributed by atoms with van der Waals surface area (Å²) in [6, 6.07) is 7.64. The molecular weight excluding hydrogens is 234 g/mol. The van der Waals surface area contributed by atoms with Crippen LogP contribution >= 0.6 is 0 Å². The molecule has 1 aliphatic rings. The number of benzene rings is 1. The van der Waals surface area contributed by atoms with Gasteiger partial charge in [-0.15, -0.1) is 0 Å². The standard InChI is InChI=1S/C16H23N3/c1-12-3-2-4-13(9-12)7-8-19-15-6-5-14(11-17)16(18)10-15/h5-6,10,12-13,19H,2-4,7-9,18H2,1H3. The van der Waals surface area contributed by atoms with Crippen molar-refractivity contribution in [3.05, 3.63) is 23.8 Å². The van der Waals surface area contributed by atoms with Crippen molar-refractivity contribution >= 4 is 11.4 Å². The first-order chi connectivity index (χ1) is 9.19. The number of rotatable bonds is 4. The largest absolute Gasteiger partial charge is 0.398 e. The van der Waals surface area contributed by atoms with Gasteiger partial charge < -0.3 is 11.1 Å². The lowest BCUT2D eigenvalue weighted by molar-refractivity contribution is 0.274. The lowest BCUT2D eigenvalue weighted by Crippen LogP contribution is -2.16. The highest BCUT2D eigenvalue weighted by atomic mass is 14.9. The first-order valence-electron chi connectivity index (χ1n) is 7.22. The van der Waals surface area contributed by atoms with Crippen LogP contribution in [0.5, 0.6) is 0 Å². The third-order valence-electron chi connectivity index (χ3n) is 4.10. The van der Waals surface area contributed by atoms with E-state index >= 15 is 0 Å². The summed E-state index contributed by atoms with van der Waals surface area (Å²) >= 11 is 0. The third kappa shape index (κ3) is 3.89. The number of hydrogen-bond acceptors (Lipinski definition) is 3. The van der Waals surface area contributed by atoms with Gasteiger partial charge in [-0.3, -0.25) is 0 Å². The van der Waals surface area contributed by atoms with E-state index in [4.69, 9.17) is 11.0 Å². The fraction of sp³-hybridized carbons (Fsp3) is 0.562. The first kappa shape index (κ1) is 13.7. The number of nitrogens with one attached hydrogen (secondary N) is 1. The molecule has 1 aliphatic carbocycles. The molecule has 1 aromatic carbocycles. The summed E-state index contributed by atoms with van der Waals surface area (Å²) < 4.78 is 0. The van der Waals surface area contributed by atoms with Gasteiger partial charge in [0.15, 0.2) is 0 Å². The van der Waals surface area contributed by atoms with Crippen LogP contribution in [0.3, 0.4) is 0 Å². The fourth-order valence-electron chi connectivity index (χ4n) is 3.02. The molecule has 19 heavy (non-hydrogen) atoms. The highest BCUT2D eigenvalue weighted by Crippen LogP contribution is 2.30. The van der Waals surface area contributed by atoms with Crippen molar-refractivity contribution in [2.24, 2.45) is 11.8 Å². The zero-order valence-corrected chi connectivity index (χ0v) is 11.7. The van der Waals surface area contributed by atoms with Crippen molar-refractivity contribution in [1.82, 2.24) is 0 Å². The highest BCUT2D eigenvalue weighted by molar-refractivity contribution is 5.62. The molecule has 2 rings (SSSR count). The Balaban J connectivity index is 1.79. The molecule has 2 atom stereocenters. The molecule has 0 amide bonds. The van der Waals surface area contributed by atoms with Gasteiger partial charge in [-0.05, 0) is 42.9 Å². The lowest BCUT2D eigenvalue weighted by atomic mass is 9.81. The van der Waals surface area contributed by atoms with Gasteiger partial charge in [0.1, 0.15) is 6.07 Å². The quantitative estimate of drug-likeness (QED) is 0.807. The van der Waals surface area contributed by atoms with E-state index in [-0.39, 0.29) is 0 Å². The minimum atomic E-state index is 0.548. The van der Waals surface area contributed by atoms with Crippen molar-refractivity contribution in [1.29, 1.82) is 5.26 Å². The molecule has 1 fully saturated rings. The highest BCUT2D eigenvalue weighted by Gasteiger charge is 2.18. The Morgan fingerprint density at radius 3 is 2.95 bits per heavy atom. The zero-order chi connectivity index (χ0) is 13.7. The molecule has 1 aromatic rings. The third-order valence-corrected chi connectivity index (χ3v) is 4.10. The van der Waals surface area contributed by atoms with Gasteiger partial charge in [-0.2, -0.15) is 5.26 Å². The van der Waals surface area contributed by atoms with Gasteiger partial charge in [0.2, 0.25) is 0 Å². The van der Waals surface area contributed by atoms with Crippen LogP contribution in [0.4, 0.5) is 11.4 Å². The lowest BCUT2D eigenvalue weighted by Gasteiger charge is -2.26. The molecule has 0 radical (unpaired) electrons. The molecule has 0 saturated heterocycles. The molecule has 0 bridgehead atoms. The Kier molecular flexibility index (Phi) is 4.68. The number of nitrogens with zero attached hydrogens (tertiary/aromatic N) is 1. The van der Waals surface area contributed by atoms with Crippen LogP contribution in [0, 0.1) is 23.2 Å². The maximum atomic E-state index is 8.83. The van der Waals surface area contributed by atoms with Gasteiger partial charge in [-0.1, -0.05) is 26.2 Å². The molecule has 3 heteroatoms. The zero-order valence-electron chi connectivity index (χ0n) is 11.7. The van der Waals surface area contributed by atoms with Crippen molar-refractivity contribution in [3.8, 4) is 6.07 Å². The van der Waals surface area contributed by atoms with E-state index in [1.54, 1.807) is 6.07 Å². The minimum Gasteiger partial charge on any atom is -0.398 e. The van der Waals surface area contributed by atoms with Crippen molar-refractivity contribution in [3.63, 3.8) is 0 Å². The molecule has 2 unspecified atom stereocenters. The second kappa shape index (κ2) is 6.47. The summed E-state index contributed by atoms with van der Waals surface area (Å²) in [5, 5.41) is 12.2. The van der Waals surface area contributed by atoms with E-state index in [1.165, 1.54) is 32.1 Å². The maximum Gasteiger partial charge on any atom is 0.101 e. The normalized spacial score (nSPS) is 22.7. The average Bonchev–Trinajstić information content (AvgIpc) is 2.39. The van der Waals surface area contributed by atoms with Gasteiger partial charge in [0.05, 0.1) is 11.3 Å². The average molecular weight is 257 g/mol. The summed E-state index contributed by atoms with van der Waals surface area (Å²) in [6.07, 6.45) is 6.76. The monoisotopic (exact) mass is 257 g/mol. The van der Waals surface area contributed by atoms with Crippen molar-refractivity contribution in [2.45, 2.75) is 39.0 Å². The van der Waals surface area contributed by atoms with E-state index < -0.39 is 0 Å². The van der Waals surface area contributed by atoms with E-state index in [9.17, 15) is 0 Å². The van der Waals surface area contributed by atoms with Crippen LogP contribution in [-0.4, -0.2) is 6.54 Å². The van der Waals surface area contributed by atoms with Crippen molar-refractivity contribution in [2.75, 3.05) is 17.6 Å². The first-order valence-corrected chi connectivity index (χ1v) is 7.22. The number of anilines is 2. The van der Waals surface area contributed by atoms with Crippen LogP contribution in [0.2, 0.25) is 0 Å². The Labute approximate surface area is 115 Å². The number of hydrogen-bond donors (Lipinski definition) is 2. The molecule has 0 aromatic heterocycles. The van der Waals surface area contributed by atoms with E-state index in [0.717, 1.165) is 24.1 Å². The maximum absolute atomic E-state index is 8.83. The van der Waals surface area contributed by atoms with Crippen LogP contribution in [0.1, 0.15) is 44.6 Å². The van der Waals surface area contributed by atoms with E-state index in [1.807, 2.05) is 12.1 Å². The fourth-order valence-corrected chi connectivity index (χ4v) is 3.02. The molecule has 0 spiro atoms. The van der Waals surface area contributed by atoms with Crippen molar-refractivity contribution < 1.29 is 0 Å². The van der Waals surface area contributed by atoms with Gasteiger partial charge in [-0.25, -0.2) is 0 Å². The smallest absolute Gasteiger partial charge is 0.101 e. The topological polar surface area (TPSA) is 61.8 Å². The predicted molar refractivity (Wildman–Crippen MR) is 79.8 cm³/mol. The Morgan fingerprint density at radius 2 is 2.26 bits per heavy atom. The molecule has 0 heterocycles. The molecule has 0 aliphatic heterocycles. The van der Waals surface area contributed by atoms with Crippen LogP contribution < -0.4 is 11.1 Å². The predicted octanol–water partition coefficient (Wildman–Crippen LogP) is 3.77. The SMILES string of the molecule is CC1CCCC(CCNc2ccc(C#N)c(N)c2)C1. The molecule has 1 saturated carbocycles. The summed E-state index contributed by atoms with van der Waals surface area (Å²) in [5.74, 6) is 1.76. The minimum absolute atomic E-state index is 0.548. The van der Waals surface area contributed by atoms with Crippen LogP contribution in [0.25, 0.3) is 0 Å². The molecular formula is C16H23N3. The number of nitriles is 1. The summed E-state index contributed by atoms with van der Waals surface area (Å²) in [7, 11) is 0. The number of nitrogens with two attached hydrogens (primary N) is 1. The number of nitrogen functional groups attached to an aromatic ring is 1. The summed E-state index contributed by atoms with van der Waals surface area (Å²) in [6.45, 7) is 3.35. The van der Waals surface area contributed by atoms with Gasteiger partial charge in [0.25, 0.3) is 0 Å². The van der Waals surface area contributed by atoms with E-state index in [2.05, 4.69) is 18.3 Å². The van der Waals surface area contributed by atoms with Gasteiger partial charge >= 0.3 is 0 Å². The van der Waals surface area contributed by atoms with Crippen LogP contribution in [0.15, 0.2) is 18.2 Å². The van der Waals surface area contributed by atoms with Crippen LogP contribution in [-0.2, 0) is 0 Å². The molecule has 3 N–H and O–H groups in total. The van der Waals surface area contributed by atoms with E-state index in [0.29, 0.717) is 11.3 Å². The Hall–Kier alpha value is -1.69. The second-order valence-corrected chi connectivity index (χ2v) is 5.77.